The van der Waals surface area contributed by atoms with Gasteiger partial charge in [-0.05, 0) is 48.3 Å². The van der Waals surface area contributed by atoms with Crippen molar-refractivity contribution in [2.45, 2.75) is 31.7 Å². The second-order valence-corrected chi connectivity index (χ2v) is 7.51. The number of nitrogens with zero attached hydrogens (tertiary/aromatic N) is 2. The maximum atomic E-state index is 12.9. The smallest absolute Gasteiger partial charge is 0.308 e. The molecule has 2 atom stereocenters. The van der Waals surface area contributed by atoms with Crippen LogP contribution in [0.25, 0.3) is 5.57 Å². The van der Waals surface area contributed by atoms with Crippen molar-refractivity contribution in [2.24, 2.45) is 11.3 Å². The van der Waals surface area contributed by atoms with E-state index in [-0.39, 0.29) is 11.3 Å². The van der Waals surface area contributed by atoms with Crippen LogP contribution in [0.3, 0.4) is 0 Å². The Hall–Kier alpha value is -2.21. The molecule has 1 aromatic heterocycles. The van der Waals surface area contributed by atoms with Crippen LogP contribution in [0.1, 0.15) is 31.2 Å². The van der Waals surface area contributed by atoms with Crippen LogP contribution in [0, 0.1) is 11.3 Å². The molecule has 1 amide bonds. The first-order valence-electron chi connectivity index (χ1n) is 8.92. The van der Waals surface area contributed by atoms with E-state index in [1.165, 1.54) is 5.57 Å². The van der Waals surface area contributed by atoms with Gasteiger partial charge < -0.3 is 15.3 Å². The van der Waals surface area contributed by atoms with E-state index in [4.69, 9.17) is 0 Å². The molecule has 6 heteroatoms. The van der Waals surface area contributed by atoms with Crippen LogP contribution in [0.5, 0.6) is 0 Å². The monoisotopic (exact) mass is 341 g/mol. The molecule has 4 rings (SSSR count). The van der Waals surface area contributed by atoms with Gasteiger partial charge in [0.1, 0.15) is 6.04 Å². The third-order valence-corrected chi connectivity index (χ3v) is 5.85. The quantitative estimate of drug-likeness (QED) is 0.871. The predicted molar refractivity (Wildman–Crippen MR) is 92.6 cm³/mol. The standard InChI is InChI=1S/C19H23N3O3/c23-17(16-15(18(24)25)10-19(5-6-19)12-21-16)22-8-3-13(4-9-22)14-2-1-7-20-11-14/h1-3,7,11,15-16,21H,4-6,8-10,12H2,(H,24,25). The van der Waals surface area contributed by atoms with E-state index < -0.39 is 17.9 Å². The third-order valence-electron chi connectivity index (χ3n) is 5.85. The van der Waals surface area contributed by atoms with Crippen molar-refractivity contribution in [3.05, 3.63) is 36.2 Å². The van der Waals surface area contributed by atoms with Gasteiger partial charge in [-0.1, -0.05) is 12.1 Å². The van der Waals surface area contributed by atoms with Crippen molar-refractivity contribution in [1.29, 1.82) is 0 Å². The summed E-state index contributed by atoms with van der Waals surface area (Å²) in [7, 11) is 0. The van der Waals surface area contributed by atoms with Crippen molar-refractivity contribution in [3.63, 3.8) is 0 Å². The summed E-state index contributed by atoms with van der Waals surface area (Å²) in [6.07, 6.45) is 9.18. The highest BCUT2D eigenvalue weighted by Gasteiger charge is 2.52. The number of hydrogen-bond donors (Lipinski definition) is 2. The molecule has 25 heavy (non-hydrogen) atoms. The van der Waals surface area contributed by atoms with Crippen molar-refractivity contribution in [1.82, 2.24) is 15.2 Å². The lowest BCUT2D eigenvalue weighted by Gasteiger charge is -2.38. The van der Waals surface area contributed by atoms with Gasteiger partial charge in [0.05, 0.1) is 5.92 Å². The highest BCUT2D eigenvalue weighted by Crippen LogP contribution is 2.52. The molecule has 3 heterocycles. The Labute approximate surface area is 146 Å². The SMILES string of the molecule is O=C(O)C1CC2(CC2)CNC1C(=O)N1CC=C(c2cccnc2)CC1. The lowest BCUT2D eigenvalue weighted by molar-refractivity contribution is -0.150. The van der Waals surface area contributed by atoms with Crippen molar-refractivity contribution in [3.8, 4) is 0 Å². The lowest BCUT2D eigenvalue weighted by Crippen LogP contribution is -2.57. The molecule has 1 aromatic rings. The highest BCUT2D eigenvalue weighted by molar-refractivity contribution is 5.88. The van der Waals surface area contributed by atoms with Gasteiger partial charge in [-0.25, -0.2) is 0 Å². The first kappa shape index (κ1) is 16.3. The van der Waals surface area contributed by atoms with Crippen LogP contribution in [0.4, 0.5) is 0 Å². The van der Waals surface area contributed by atoms with E-state index >= 15 is 0 Å². The molecular formula is C19H23N3O3. The average Bonchev–Trinajstić information content (AvgIpc) is 3.41. The number of carbonyl (C=O) groups excluding carboxylic acids is 1. The van der Waals surface area contributed by atoms with Crippen molar-refractivity contribution >= 4 is 17.4 Å². The summed E-state index contributed by atoms with van der Waals surface area (Å²) < 4.78 is 0. The summed E-state index contributed by atoms with van der Waals surface area (Å²) in [5.41, 5.74) is 2.42. The lowest BCUT2D eigenvalue weighted by atomic mass is 9.81. The maximum absolute atomic E-state index is 12.9. The zero-order valence-corrected chi connectivity index (χ0v) is 14.1. The van der Waals surface area contributed by atoms with E-state index in [1.807, 2.05) is 18.3 Å². The number of aliphatic carboxylic acids is 1. The van der Waals surface area contributed by atoms with E-state index in [0.29, 0.717) is 19.5 Å². The van der Waals surface area contributed by atoms with Gasteiger partial charge in [-0.3, -0.25) is 14.6 Å². The Balaban J connectivity index is 1.44. The van der Waals surface area contributed by atoms with Gasteiger partial charge in [-0.15, -0.1) is 0 Å². The van der Waals surface area contributed by atoms with Crippen LogP contribution >= 0.6 is 0 Å². The van der Waals surface area contributed by atoms with E-state index in [1.54, 1.807) is 11.1 Å². The molecule has 1 spiro atoms. The average molecular weight is 341 g/mol. The Bertz CT molecular complexity index is 712. The van der Waals surface area contributed by atoms with Gasteiger partial charge in [0.15, 0.2) is 0 Å². The molecule has 0 aromatic carbocycles. The van der Waals surface area contributed by atoms with E-state index in [0.717, 1.165) is 31.4 Å². The fourth-order valence-corrected chi connectivity index (χ4v) is 4.05. The minimum absolute atomic E-state index is 0.0793. The molecule has 1 saturated heterocycles. The normalized spacial score (nSPS) is 27.7. The van der Waals surface area contributed by atoms with Crippen molar-refractivity contribution < 1.29 is 14.7 Å². The second-order valence-electron chi connectivity index (χ2n) is 7.51. The number of carboxylic acid groups (broad SMARTS) is 1. The minimum Gasteiger partial charge on any atom is -0.481 e. The number of pyridine rings is 1. The second kappa shape index (κ2) is 6.26. The first-order chi connectivity index (χ1) is 12.1. The van der Waals surface area contributed by atoms with Crippen LogP contribution in [0.15, 0.2) is 30.6 Å². The zero-order valence-electron chi connectivity index (χ0n) is 14.1. The van der Waals surface area contributed by atoms with Gasteiger partial charge in [0.25, 0.3) is 0 Å². The fourth-order valence-electron chi connectivity index (χ4n) is 4.05. The molecule has 1 aliphatic carbocycles. The molecule has 2 unspecified atom stereocenters. The van der Waals surface area contributed by atoms with Gasteiger partial charge in [0.2, 0.25) is 5.91 Å². The zero-order chi connectivity index (χ0) is 17.4. The Kier molecular flexibility index (Phi) is 4.07. The first-order valence-corrected chi connectivity index (χ1v) is 8.92. The van der Waals surface area contributed by atoms with Crippen LogP contribution in [0.2, 0.25) is 0 Å². The summed E-state index contributed by atoms with van der Waals surface area (Å²) in [6, 6.07) is 3.33. The summed E-state index contributed by atoms with van der Waals surface area (Å²) in [6.45, 7) is 1.91. The fraction of sp³-hybridized carbons (Fsp3) is 0.526. The molecule has 3 aliphatic rings. The maximum Gasteiger partial charge on any atom is 0.308 e. The number of amides is 1. The molecule has 2 aliphatic heterocycles. The number of aromatic nitrogens is 1. The Morgan fingerprint density at radius 2 is 2.20 bits per heavy atom. The van der Waals surface area contributed by atoms with Gasteiger partial charge >= 0.3 is 5.97 Å². The summed E-state index contributed by atoms with van der Waals surface area (Å²) >= 11 is 0. The molecule has 2 fully saturated rings. The van der Waals surface area contributed by atoms with Gasteiger partial charge in [-0.2, -0.15) is 0 Å². The topological polar surface area (TPSA) is 82.5 Å². The predicted octanol–water partition coefficient (Wildman–Crippen LogP) is 1.54. The number of hydrogen-bond acceptors (Lipinski definition) is 4. The number of carboxylic acids is 1. The molecular weight excluding hydrogens is 318 g/mol. The van der Waals surface area contributed by atoms with E-state index in [2.05, 4.69) is 16.4 Å². The minimum atomic E-state index is -0.861. The van der Waals surface area contributed by atoms with Crippen LogP contribution in [-0.4, -0.2) is 52.5 Å². The molecule has 0 bridgehead atoms. The van der Waals surface area contributed by atoms with Crippen molar-refractivity contribution in [2.75, 3.05) is 19.6 Å². The summed E-state index contributed by atoms with van der Waals surface area (Å²) in [5, 5.41) is 12.8. The largest absolute Gasteiger partial charge is 0.481 e. The molecule has 0 radical (unpaired) electrons. The Morgan fingerprint density at radius 3 is 2.80 bits per heavy atom. The highest BCUT2D eigenvalue weighted by atomic mass is 16.4. The van der Waals surface area contributed by atoms with E-state index in [9.17, 15) is 14.7 Å². The number of carbonyl (C=O) groups is 2. The Morgan fingerprint density at radius 1 is 1.36 bits per heavy atom. The number of nitrogens with one attached hydrogen (secondary N) is 1. The molecule has 6 nitrogen and oxygen atoms in total. The van der Waals surface area contributed by atoms with Gasteiger partial charge in [0, 0.05) is 32.0 Å². The number of piperidine rings is 1. The summed E-state index contributed by atoms with van der Waals surface area (Å²) in [5.74, 6) is -1.56. The third kappa shape index (κ3) is 3.18. The summed E-state index contributed by atoms with van der Waals surface area (Å²) in [4.78, 5) is 30.5. The van der Waals surface area contributed by atoms with Crippen LogP contribution < -0.4 is 5.32 Å². The molecule has 132 valence electrons. The molecule has 1 saturated carbocycles. The molecule has 2 N–H and O–H groups in total. The van der Waals surface area contributed by atoms with Crippen LogP contribution in [-0.2, 0) is 9.59 Å². The number of rotatable bonds is 3.